The monoisotopic (exact) mass is 298 g/mol. The van der Waals surface area contributed by atoms with Crippen LogP contribution < -0.4 is 11.1 Å². The van der Waals surface area contributed by atoms with E-state index in [1.807, 2.05) is 0 Å². The molecule has 0 radical (unpaired) electrons. The topological polar surface area (TPSA) is 116 Å². The summed E-state index contributed by atoms with van der Waals surface area (Å²) in [5, 5.41) is 11.5. The van der Waals surface area contributed by atoms with E-state index >= 15 is 0 Å². The third kappa shape index (κ3) is 2.14. The SMILES string of the molecule is N#Cc1cc(CN)cc2c1CN(C1CCC(=O)NC1=O)C2=O. The van der Waals surface area contributed by atoms with Gasteiger partial charge in [-0.25, -0.2) is 0 Å². The summed E-state index contributed by atoms with van der Waals surface area (Å²) in [5.41, 5.74) is 7.74. The summed E-state index contributed by atoms with van der Waals surface area (Å²) in [5.74, 6) is -1.08. The number of nitrogens with one attached hydrogen (secondary N) is 1. The van der Waals surface area contributed by atoms with E-state index in [1.165, 1.54) is 4.90 Å². The Morgan fingerprint density at radius 3 is 2.77 bits per heavy atom. The number of hydrogen-bond donors (Lipinski definition) is 2. The summed E-state index contributed by atoms with van der Waals surface area (Å²) >= 11 is 0. The lowest BCUT2D eigenvalue weighted by molar-refractivity contribution is -0.136. The Morgan fingerprint density at radius 1 is 1.36 bits per heavy atom. The molecule has 1 saturated heterocycles. The highest BCUT2D eigenvalue weighted by molar-refractivity contribution is 6.05. The zero-order chi connectivity index (χ0) is 15.9. The number of fused-ring (bicyclic) bond motifs is 1. The van der Waals surface area contributed by atoms with Crippen molar-refractivity contribution >= 4 is 17.7 Å². The van der Waals surface area contributed by atoms with E-state index in [0.29, 0.717) is 28.7 Å². The average molecular weight is 298 g/mol. The maximum absolute atomic E-state index is 12.6. The largest absolute Gasteiger partial charge is 0.326 e. The minimum Gasteiger partial charge on any atom is -0.326 e. The van der Waals surface area contributed by atoms with E-state index in [4.69, 9.17) is 5.73 Å². The highest BCUT2D eigenvalue weighted by Crippen LogP contribution is 2.30. The lowest BCUT2D eigenvalue weighted by atomic mass is 10.0. The second-order valence-electron chi connectivity index (χ2n) is 5.39. The van der Waals surface area contributed by atoms with E-state index in [1.54, 1.807) is 12.1 Å². The number of carbonyl (C=O) groups excluding carboxylic acids is 3. The van der Waals surface area contributed by atoms with Crippen LogP contribution in [-0.4, -0.2) is 28.7 Å². The minimum atomic E-state index is -0.675. The molecule has 2 aliphatic rings. The summed E-state index contributed by atoms with van der Waals surface area (Å²) in [6.45, 7) is 0.432. The Labute approximate surface area is 126 Å². The quantitative estimate of drug-likeness (QED) is 0.732. The lowest BCUT2D eigenvalue weighted by Gasteiger charge is -2.29. The lowest BCUT2D eigenvalue weighted by Crippen LogP contribution is -2.52. The van der Waals surface area contributed by atoms with Crippen molar-refractivity contribution in [3.63, 3.8) is 0 Å². The molecule has 0 aromatic heterocycles. The molecule has 2 heterocycles. The molecular weight excluding hydrogens is 284 g/mol. The first kappa shape index (κ1) is 14.2. The molecule has 1 fully saturated rings. The summed E-state index contributed by atoms with van der Waals surface area (Å²) < 4.78 is 0. The second-order valence-corrected chi connectivity index (χ2v) is 5.39. The van der Waals surface area contributed by atoms with Crippen molar-refractivity contribution in [2.75, 3.05) is 0 Å². The molecular formula is C15H14N4O3. The van der Waals surface area contributed by atoms with Crippen LogP contribution in [0.5, 0.6) is 0 Å². The fourth-order valence-electron chi connectivity index (χ4n) is 2.94. The van der Waals surface area contributed by atoms with Gasteiger partial charge in [-0.1, -0.05) is 0 Å². The van der Waals surface area contributed by atoms with Crippen molar-refractivity contribution in [3.05, 3.63) is 34.4 Å². The van der Waals surface area contributed by atoms with Crippen molar-refractivity contribution < 1.29 is 14.4 Å². The first-order chi connectivity index (χ1) is 10.5. The van der Waals surface area contributed by atoms with E-state index in [-0.39, 0.29) is 31.3 Å². The molecule has 112 valence electrons. The van der Waals surface area contributed by atoms with Crippen LogP contribution in [0.3, 0.4) is 0 Å². The molecule has 7 heteroatoms. The molecule has 1 aromatic rings. The van der Waals surface area contributed by atoms with Crippen molar-refractivity contribution in [2.45, 2.75) is 32.0 Å². The maximum Gasteiger partial charge on any atom is 0.255 e. The summed E-state index contributed by atoms with van der Waals surface area (Å²) in [6.07, 6.45) is 0.506. The molecule has 0 saturated carbocycles. The smallest absolute Gasteiger partial charge is 0.255 e. The van der Waals surface area contributed by atoms with Gasteiger partial charge in [0.05, 0.1) is 11.6 Å². The molecule has 0 aliphatic carbocycles. The number of nitrogens with zero attached hydrogens (tertiary/aromatic N) is 2. The average Bonchev–Trinajstić information content (AvgIpc) is 2.83. The normalized spacial score (nSPS) is 20.6. The van der Waals surface area contributed by atoms with Gasteiger partial charge in [-0.15, -0.1) is 0 Å². The number of imide groups is 1. The zero-order valence-electron chi connectivity index (χ0n) is 11.8. The Kier molecular flexibility index (Phi) is 3.39. The van der Waals surface area contributed by atoms with E-state index in [9.17, 15) is 19.6 Å². The van der Waals surface area contributed by atoms with Crippen LogP contribution in [0, 0.1) is 11.3 Å². The van der Waals surface area contributed by atoms with Gasteiger partial charge < -0.3 is 10.6 Å². The van der Waals surface area contributed by atoms with Crippen molar-refractivity contribution in [3.8, 4) is 6.07 Å². The molecule has 1 atom stereocenters. The van der Waals surface area contributed by atoms with E-state index < -0.39 is 11.9 Å². The Bertz CT molecular complexity index is 735. The molecule has 22 heavy (non-hydrogen) atoms. The fraction of sp³-hybridized carbons (Fsp3) is 0.333. The molecule has 2 aliphatic heterocycles. The number of piperidine rings is 1. The summed E-state index contributed by atoms with van der Waals surface area (Å²) in [4.78, 5) is 37.2. The second kappa shape index (κ2) is 5.24. The number of nitriles is 1. The zero-order valence-corrected chi connectivity index (χ0v) is 11.8. The van der Waals surface area contributed by atoms with Crippen LogP contribution in [-0.2, 0) is 22.7 Å². The third-order valence-electron chi connectivity index (χ3n) is 4.07. The Hall–Kier alpha value is -2.72. The van der Waals surface area contributed by atoms with Gasteiger partial charge in [0.25, 0.3) is 5.91 Å². The number of hydrogen-bond acceptors (Lipinski definition) is 5. The predicted octanol–water partition coefficient (Wildman–Crippen LogP) is -0.222. The predicted molar refractivity (Wildman–Crippen MR) is 75.1 cm³/mol. The molecule has 1 unspecified atom stereocenters. The standard InChI is InChI=1S/C15H14N4O3/c16-5-8-3-9(6-17)11-7-19(15(22)10(11)4-8)12-1-2-13(20)18-14(12)21/h3-4,12H,1-2,5,7,16H2,(H,18,20,21). The number of carbonyl (C=O) groups is 3. The van der Waals surface area contributed by atoms with Crippen molar-refractivity contribution in [1.29, 1.82) is 5.26 Å². The molecule has 0 bridgehead atoms. The molecule has 7 nitrogen and oxygen atoms in total. The van der Waals surface area contributed by atoms with Crippen molar-refractivity contribution in [1.82, 2.24) is 10.2 Å². The molecule has 1 aromatic carbocycles. The van der Waals surface area contributed by atoms with Crippen LogP contribution in [0.1, 0.15) is 39.9 Å². The van der Waals surface area contributed by atoms with Gasteiger partial charge in [-0.3, -0.25) is 19.7 Å². The first-order valence-electron chi connectivity index (χ1n) is 6.95. The van der Waals surface area contributed by atoms with E-state index in [0.717, 1.165) is 0 Å². The van der Waals surface area contributed by atoms with Crippen LogP contribution >= 0.6 is 0 Å². The molecule has 3 N–H and O–H groups in total. The van der Waals surface area contributed by atoms with Gasteiger partial charge in [0.2, 0.25) is 11.8 Å². The highest BCUT2D eigenvalue weighted by Gasteiger charge is 2.40. The van der Waals surface area contributed by atoms with Crippen LogP contribution in [0.25, 0.3) is 0 Å². The fourth-order valence-corrected chi connectivity index (χ4v) is 2.94. The van der Waals surface area contributed by atoms with Crippen molar-refractivity contribution in [2.24, 2.45) is 5.73 Å². The summed E-state index contributed by atoms with van der Waals surface area (Å²) in [7, 11) is 0. The van der Waals surface area contributed by atoms with Gasteiger partial charge >= 0.3 is 0 Å². The van der Waals surface area contributed by atoms with E-state index in [2.05, 4.69) is 11.4 Å². The minimum absolute atomic E-state index is 0.203. The molecule has 3 rings (SSSR count). The number of amides is 3. The maximum atomic E-state index is 12.6. The van der Waals surface area contributed by atoms with Gasteiger partial charge in [-0.05, 0) is 24.1 Å². The van der Waals surface area contributed by atoms with Gasteiger partial charge in [0.1, 0.15) is 6.04 Å². The van der Waals surface area contributed by atoms with Crippen LogP contribution in [0.2, 0.25) is 0 Å². The van der Waals surface area contributed by atoms with Gasteiger partial charge in [0.15, 0.2) is 0 Å². The Balaban J connectivity index is 1.96. The summed E-state index contributed by atoms with van der Waals surface area (Å²) in [6, 6.07) is 4.74. The van der Waals surface area contributed by atoms with Crippen LogP contribution in [0.15, 0.2) is 12.1 Å². The van der Waals surface area contributed by atoms with Gasteiger partial charge in [0, 0.05) is 30.6 Å². The first-order valence-corrected chi connectivity index (χ1v) is 6.95. The van der Waals surface area contributed by atoms with Gasteiger partial charge in [-0.2, -0.15) is 5.26 Å². The number of benzene rings is 1. The highest BCUT2D eigenvalue weighted by atomic mass is 16.2. The molecule has 0 spiro atoms. The Morgan fingerprint density at radius 2 is 2.14 bits per heavy atom. The molecule has 3 amide bonds. The third-order valence-corrected chi connectivity index (χ3v) is 4.07. The number of rotatable bonds is 2. The number of nitrogens with two attached hydrogens (primary N) is 1. The van der Waals surface area contributed by atoms with Crippen LogP contribution in [0.4, 0.5) is 0 Å².